The molecular weight excluding hydrogens is 240 g/mol. The van der Waals surface area contributed by atoms with E-state index in [-0.39, 0.29) is 0 Å². The molecule has 0 fully saturated rings. The van der Waals surface area contributed by atoms with Crippen molar-refractivity contribution in [3.05, 3.63) is 52.2 Å². The van der Waals surface area contributed by atoms with Crippen LogP contribution in [0.3, 0.4) is 0 Å². The number of nitrogens with two attached hydrogens (primary N) is 1. The van der Waals surface area contributed by atoms with Gasteiger partial charge in [-0.3, -0.25) is 0 Å². The van der Waals surface area contributed by atoms with E-state index >= 15 is 0 Å². The lowest BCUT2D eigenvalue weighted by Crippen LogP contribution is -2.37. The number of hydrogen-bond donors (Lipinski definition) is 1. The Morgan fingerprint density at radius 2 is 2.11 bits per heavy atom. The lowest BCUT2D eigenvalue weighted by molar-refractivity contribution is 0.594. The predicted octanol–water partition coefficient (Wildman–Crippen LogP) is 3.20. The number of fused-ring (bicyclic) bond motifs is 1. The quantitative estimate of drug-likeness (QED) is 0.916. The zero-order chi connectivity index (χ0) is 12.4. The van der Waals surface area contributed by atoms with Crippen molar-refractivity contribution in [3.63, 3.8) is 0 Å². The normalized spacial score (nSPS) is 16.4. The van der Waals surface area contributed by atoms with Gasteiger partial charge < -0.3 is 10.6 Å². The van der Waals surface area contributed by atoms with E-state index in [1.807, 2.05) is 0 Å². The fraction of sp³-hybridized carbons (Fsp3) is 0.333. The van der Waals surface area contributed by atoms with Crippen LogP contribution in [0.15, 0.2) is 41.8 Å². The fourth-order valence-electron chi connectivity index (χ4n) is 2.76. The molecule has 3 heteroatoms. The molecule has 3 rings (SSSR count). The first kappa shape index (κ1) is 11.8. The molecule has 1 aliphatic rings. The van der Waals surface area contributed by atoms with Gasteiger partial charge in [-0.25, -0.2) is 0 Å². The zero-order valence-corrected chi connectivity index (χ0v) is 11.2. The molecular formula is C15H18N2S. The second kappa shape index (κ2) is 5.12. The van der Waals surface area contributed by atoms with Crippen LogP contribution in [0.2, 0.25) is 0 Å². The first-order valence-corrected chi connectivity index (χ1v) is 7.36. The Hall–Kier alpha value is -1.32. The van der Waals surface area contributed by atoms with E-state index < -0.39 is 0 Å². The van der Waals surface area contributed by atoms with Crippen LogP contribution in [0.4, 0.5) is 5.69 Å². The summed E-state index contributed by atoms with van der Waals surface area (Å²) >= 11 is 1.80. The van der Waals surface area contributed by atoms with Crippen molar-refractivity contribution in [1.29, 1.82) is 0 Å². The van der Waals surface area contributed by atoms with Crippen molar-refractivity contribution in [2.24, 2.45) is 5.73 Å². The molecule has 1 aromatic carbocycles. The smallest absolute Gasteiger partial charge is 0.0757 e. The molecule has 2 N–H and O–H groups in total. The maximum Gasteiger partial charge on any atom is 0.0757 e. The van der Waals surface area contributed by atoms with Crippen molar-refractivity contribution >= 4 is 17.0 Å². The van der Waals surface area contributed by atoms with Gasteiger partial charge in [-0.15, -0.1) is 11.3 Å². The second-order valence-electron chi connectivity index (χ2n) is 4.69. The van der Waals surface area contributed by atoms with Gasteiger partial charge in [0.15, 0.2) is 0 Å². The highest BCUT2D eigenvalue weighted by molar-refractivity contribution is 7.10. The molecule has 2 aromatic rings. The Balaban J connectivity index is 1.97. The molecule has 18 heavy (non-hydrogen) atoms. The third-order valence-corrected chi connectivity index (χ3v) is 4.59. The maximum absolute atomic E-state index is 6.02. The van der Waals surface area contributed by atoms with Crippen LogP contribution < -0.4 is 10.6 Å². The Kier molecular flexibility index (Phi) is 3.35. The molecule has 94 valence electrons. The summed E-state index contributed by atoms with van der Waals surface area (Å²) in [6.07, 6.45) is 2.41. The fourth-order valence-corrected chi connectivity index (χ4v) is 3.62. The molecule has 1 aromatic heterocycles. The average Bonchev–Trinajstić information content (AvgIpc) is 2.94. The average molecular weight is 258 g/mol. The number of thiophene rings is 1. The van der Waals surface area contributed by atoms with Crippen molar-refractivity contribution in [2.45, 2.75) is 18.9 Å². The SMILES string of the molecule is NCC(c1cccs1)N1CCCc2ccccc21. The summed E-state index contributed by atoms with van der Waals surface area (Å²) in [5.41, 5.74) is 8.84. The van der Waals surface area contributed by atoms with Gasteiger partial charge in [-0.2, -0.15) is 0 Å². The monoisotopic (exact) mass is 258 g/mol. The minimum Gasteiger partial charge on any atom is -0.362 e. The number of para-hydroxylation sites is 1. The van der Waals surface area contributed by atoms with Crippen molar-refractivity contribution < 1.29 is 0 Å². The molecule has 1 unspecified atom stereocenters. The standard InChI is InChI=1S/C15H18N2S/c16-11-14(15-8-4-10-18-15)17-9-3-6-12-5-1-2-7-13(12)17/h1-2,4-5,7-8,10,14H,3,6,9,11,16H2. The zero-order valence-electron chi connectivity index (χ0n) is 10.4. The number of benzene rings is 1. The third-order valence-electron chi connectivity index (χ3n) is 3.62. The Bertz CT molecular complexity index is 507. The lowest BCUT2D eigenvalue weighted by atomic mass is 9.99. The highest BCUT2D eigenvalue weighted by Gasteiger charge is 2.24. The van der Waals surface area contributed by atoms with E-state index in [2.05, 4.69) is 46.7 Å². The van der Waals surface area contributed by atoms with Crippen LogP contribution in [-0.2, 0) is 6.42 Å². The van der Waals surface area contributed by atoms with Crippen molar-refractivity contribution in [2.75, 3.05) is 18.0 Å². The van der Waals surface area contributed by atoms with Gasteiger partial charge in [-0.05, 0) is 35.9 Å². The molecule has 0 amide bonds. The predicted molar refractivity (Wildman–Crippen MR) is 78.2 cm³/mol. The topological polar surface area (TPSA) is 29.3 Å². The molecule has 0 saturated heterocycles. The van der Waals surface area contributed by atoms with Crippen LogP contribution >= 0.6 is 11.3 Å². The summed E-state index contributed by atoms with van der Waals surface area (Å²) in [5, 5.41) is 2.13. The van der Waals surface area contributed by atoms with E-state index in [1.54, 1.807) is 11.3 Å². The van der Waals surface area contributed by atoms with Gasteiger partial charge in [0.25, 0.3) is 0 Å². The first-order valence-electron chi connectivity index (χ1n) is 6.48. The Morgan fingerprint density at radius 3 is 2.89 bits per heavy atom. The van der Waals surface area contributed by atoms with E-state index in [4.69, 9.17) is 5.73 Å². The highest BCUT2D eigenvalue weighted by atomic mass is 32.1. The highest BCUT2D eigenvalue weighted by Crippen LogP contribution is 2.34. The molecule has 2 nitrogen and oxygen atoms in total. The van der Waals surface area contributed by atoms with Gasteiger partial charge in [0.05, 0.1) is 6.04 Å². The summed E-state index contributed by atoms with van der Waals surface area (Å²) < 4.78 is 0. The Morgan fingerprint density at radius 1 is 1.22 bits per heavy atom. The minimum atomic E-state index is 0.325. The van der Waals surface area contributed by atoms with Gasteiger partial charge in [0, 0.05) is 23.7 Å². The molecule has 0 aliphatic carbocycles. The largest absolute Gasteiger partial charge is 0.362 e. The van der Waals surface area contributed by atoms with E-state index in [0.29, 0.717) is 12.6 Å². The van der Waals surface area contributed by atoms with Crippen molar-refractivity contribution in [3.8, 4) is 0 Å². The number of aryl methyl sites for hydroxylation is 1. The first-order chi connectivity index (χ1) is 8.90. The molecule has 0 bridgehead atoms. The summed E-state index contributed by atoms with van der Waals surface area (Å²) in [4.78, 5) is 3.85. The van der Waals surface area contributed by atoms with Crippen LogP contribution in [0.1, 0.15) is 22.9 Å². The second-order valence-corrected chi connectivity index (χ2v) is 5.67. The van der Waals surface area contributed by atoms with Crippen LogP contribution in [0.25, 0.3) is 0 Å². The molecule has 0 saturated carbocycles. The summed E-state index contributed by atoms with van der Waals surface area (Å²) in [7, 11) is 0. The molecule has 0 radical (unpaired) electrons. The summed E-state index contributed by atoms with van der Waals surface area (Å²) in [5.74, 6) is 0. The summed E-state index contributed by atoms with van der Waals surface area (Å²) in [6, 6.07) is 13.3. The summed E-state index contributed by atoms with van der Waals surface area (Å²) in [6.45, 7) is 1.78. The lowest BCUT2D eigenvalue weighted by Gasteiger charge is -2.37. The molecule has 1 aliphatic heterocycles. The molecule has 0 spiro atoms. The number of rotatable bonds is 3. The maximum atomic E-state index is 6.02. The Labute approximate surface area is 112 Å². The molecule has 2 heterocycles. The number of nitrogens with zero attached hydrogens (tertiary/aromatic N) is 1. The van der Waals surface area contributed by atoms with Crippen LogP contribution in [0, 0.1) is 0 Å². The minimum absolute atomic E-state index is 0.325. The number of hydrogen-bond acceptors (Lipinski definition) is 3. The molecule has 1 atom stereocenters. The van der Waals surface area contributed by atoms with Crippen molar-refractivity contribution in [1.82, 2.24) is 0 Å². The van der Waals surface area contributed by atoms with E-state index in [9.17, 15) is 0 Å². The third kappa shape index (κ3) is 2.04. The van der Waals surface area contributed by atoms with Gasteiger partial charge in [-0.1, -0.05) is 24.3 Å². The van der Waals surface area contributed by atoms with E-state index in [1.165, 1.54) is 29.0 Å². The van der Waals surface area contributed by atoms with Gasteiger partial charge in [0.1, 0.15) is 0 Å². The van der Waals surface area contributed by atoms with Crippen LogP contribution in [0.5, 0.6) is 0 Å². The van der Waals surface area contributed by atoms with E-state index in [0.717, 1.165) is 6.54 Å². The van der Waals surface area contributed by atoms with Crippen LogP contribution in [-0.4, -0.2) is 13.1 Å². The van der Waals surface area contributed by atoms with Gasteiger partial charge >= 0.3 is 0 Å². The van der Waals surface area contributed by atoms with Gasteiger partial charge in [0.2, 0.25) is 0 Å². The number of anilines is 1.